The van der Waals surface area contributed by atoms with Crippen molar-refractivity contribution >= 4 is 32.8 Å². The van der Waals surface area contributed by atoms with Crippen molar-refractivity contribution in [2.24, 2.45) is 0 Å². The number of sulfone groups is 1. The molecule has 0 unspecified atom stereocenters. The van der Waals surface area contributed by atoms with Gasteiger partial charge in [0, 0.05) is 19.3 Å². The van der Waals surface area contributed by atoms with Crippen LogP contribution in [-0.4, -0.2) is 34.6 Å². The van der Waals surface area contributed by atoms with Crippen LogP contribution >= 0.6 is 0 Å². The van der Waals surface area contributed by atoms with Crippen LogP contribution in [0.3, 0.4) is 0 Å². The molecule has 4 rings (SSSR count). The van der Waals surface area contributed by atoms with Crippen molar-refractivity contribution in [3.8, 4) is 0 Å². The van der Waals surface area contributed by atoms with Gasteiger partial charge in [-0.05, 0) is 35.4 Å². The Bertz CT molecular complexity index is 1270. The Morgan fingerprint density at radius 3 is 2.23 bits per heavy atom. The van der Waals surface area contributed by atoms with E-state index < -0.39 is 9.84 Å². The molecular weight excluding hydrogens is 407 g/mol. The second-order valence-electron chi connectivity index (χ2n) is 6.75. The summed E-state index contributed by atoms with van der Waals surface area (Å²) < 4.78 is 36.2. The molecule has 2 heterocycles. The first kappa shape index (κ1) is 19.8. The lowest BCUT2D eigenvalue weighted by atomic mass is 10.2. The van der Waals surface area contributed by atoms with Crippen LogP contribution < -0.4 is 10.6 Å². The molecule has 154 valence electrons. The molecule has 4 aromatic rings. The van der Waals surface area contributed by atoms with Crippen molar-refractivity contribution in [2.75, 3.05) is 16.9 Å². The fraction of sp³-hybridized carbons (Fsp3) is 0.150. The van der Waals surface area contributed by atoms with Crippen LogP contribution in [0.5, 0.6) is 0 Å². The van der Waals surface area contributed by atoms with Gasteiger partial charge in [0.1, 0.15) is 11.3 Å². The maximum Gasteiger partial charge on any atom is 0.227 e. The van der Waals surface area contributed by atoms with E-state index in [1.807, 2.05) is 0 Å². The van der Waals surface area contributed by atoms with Crippen molar-refractivity contribution in [1.82, 2.24) is 19.9 Å². The Balaban J connectivity index is 1.50. The highest BCUT2D eigenvalue weighted by Crippen LogP contribution is 2.20. The summed E-state index contributed by atoms with van der Waals surface area (Å²) in [5.41, 5.74) is 2.95. The number of nitrogens with one attached hydrogen (secondary N) is 3. The first-order valence-corrected chi connectivity index (χ1v) is 11.0. The molecule has 30 heavy (non-hydrogen) atoms. The third kappa shape index (κ3) is 4.54. The third-order valence-electron chi connectivity index (χ3n) is 4.46. The maximum atomic E-state index is 13.1. The average Bonchev–Trinajstić information content (AvgIpc) is 3.20. The highest BCUT2D eigenvalue weighted by Gasteiger charge is 2.11. The van der Waals surface area contributed by atoms with Crippen LogP contribution in [0.2, 0.25) is 0 Å². The molecular formula is C20H19FN6O2S. The van der Waals surface area contributed by atoms with E-state index in [0.29, 0.717) is 36.0 Å². The molecule has 8 nitrogen and oxygen atoms in total. The molecule has 0 radical (unpaired) electrons. The van der Waals surface area contributed by atoms with E-state index in [2.05, 4.69) is 30.6 Å². The van der Waals surface area contributed by atoms with Gasteiger partial charge in [-0.25, -0.2) is 17.8 Å². The van der Waals surface area contributed by atoms with Gasteiger partial charge in [-0.1, -0.05) is 24.3 Å². The lowest BCUT2D eigenvalue weighted by molar-refractivity contribution is 0.602. The number of benzene rings is 2. The van der Waals surface area contributed by atoms with E-state index in [1.54, 1.807) is 36.4 Å². The van der Waals surface area contributed by atoms with Crippen molar-refractivity contribution in [2.45, 2.75) is 18.0 Å². The Hall–Kier alpha value is -3.53. The first-order chi connectivity index (χ1) is 14.4. The highest BCUT2D eigenvalue weighted by atomic mass is 32.2. The van der Waals surface area contributed by atoms with Crippen LogP contribution in [-0.2, 0) is 22.9 Å². The van der Waals surface area contributed by atoms with Crippen LogP contribution in [0.1, 0.15) is 11.1 Å². The lowest BCUT2D eigenvalue weighted by Crippen LogP contribution is -2.08. The smallest absolute Gasteiger partial charge is 0.227 e. The van der Waals surface area contributed by atoms with Gasteiger partial charge in [0.15, 0.2) is 21.3 Å². The maximum absolute atomic E-state index is 13.1. The second kappa shape index (κ2) is 8.07. The molecule has 0 saturated heterocycles. The molecule has 0 aliphatic rings. The number of anilines is 2. The minimum atomic E-state index is -3.23. The number of rotatable bonds is 7. The van der Waals surface area contributed by atoms with Gasteiger partial charge in [0.25, 0.3) is 0 Å². The van der Waals surface area contributed by atoms with E-state index in [9.17, 15) is 12.8 Å². The molecule has 0 aliphatic heterocycles. The number of hydrogen-bond donors (Lipinski definition) is 3. The topological polar surface area (TPSA) is 113 Å². The molecule has 2 aromatic heterocycles. The Labute approximate surface area is 172 Å². The molecule has 0 bridgehead atoms. The van der Waals surface area contributed by atoms with Gasteiger partial charge < -0.3 is 15.6 Å². The normalized spacial score (nSPS) is 11.5. The number of aromatic nitrogens is 4. The summed E-state index contributed by atoms with van der Waals surface area (Å²) in [4.78, 5) is 16.4. The molecule has 0 aliphatic carbocycles. The number of fused-ring (bicyclic) bond motifs is 1. The molecule has 0 spiro atoms. The monoisotopic (exact) mass is 426 g/mol. The summed E-state index contributed by atoms with van der Waals surface area (Å²) in [6.45, 7) is 0.870. The van der Waals surface area contributed by atoms with Crippen molar-refractivity contribution < 1.29 is 12.8 Å². The molecule has 0 amide bonds. The van der Waals surface area contributed by atoms with Crippen molar-refractivity contribution in [3.05, 3.63) is 71.8 Å². The zero-order valence-corrected chi connectivity index (χ0v) is 16.9. The van der Waals surface area contributed by atoms with Crippen LogP contribution in [0.25, 0.3) is 11.2 Å². The zero-order chi connectivity index (χ0) is 21.1. The number of imidazole rings is 1. The summed E-state index contributed by atoms with van der Waals surface area (Å²) >= 11 is 0. The van der Waals surface area contributed by atoms with Gasteiger partial charge in [-0.2, -0.15) is 9.97 Å². The van der Waals surface area contributed by atoms with E-state index in [4.69, 9.17) is 0 Å². The predicted molar refractivity (Wildman–Crippen MR) is 112 cm³/mol. The molecule has 2 aromatic carbocycles. The third-order valence-corrected chi connectivity index (χ3v) is 5.59. The van der Waals surface area contributed by atoms with Gasteiger partial charge >= 0.3 is 0 Å². The van der Waals surface area contributed by atoms with Gasteiger partial charge in [-0.3, -0.25) is 0 Å². The van der Waals surface area contributed by atoms with Gasteiger partial charge in [0.2, 0.25) is 5.95 Å². The average molecular weight is 426 g/mol. The minimum absolute atomic E-state index is 0.275. The van der Waals surface area contributed by atoms with Crippen molar-refractivity contribution in [1.29, 1.82) is 0 Å². The Morgan fingerprint density at radius 2 is 1.57 bits per heavy atom. The summed E-state index contributed by atoms with van der Waals surface area (Å²) in [5.74, 6) is 0.657. The molecule has 0 saturated carbocycles. The molecule has 10 heteroatoms. The number of nitrogens with zero attached hydrogens (tertiary/aromatic N) is 3. The van der Waals surface area contributed by atoms with Crippen LogP contribution in [0, 0.1) is 5.82 Å². The number of hydrogen-bond acceptors (Lipinski definition) is 7. The van der Waals surface area contributed by atoms with E-state index in [0.717, 1.165) is 11.1 Å². The molecule has 0 atom stereocenters. The fourth-order valence-electron chi connectivity index (χ4n) is 2.86. The van der Waals surface area contributed by atoms with Crippen LogP contribution in [0.15, 0.2) is 59.8 Å². The highest BCUT2D eigenvalue weighted by molar-refractivity contribution is 7.90. The Morgan fingerprint density at radius 1 is 0.933 bits per heavy atom. The standard InChI is InChI=1S/C20H19FN6O2S/c1-30(28,29)16-8-4-14(5-9-16)10-22-18-17-19(25-12-24-17)27-20(26-18)23-11-13-2-6-15(21)7-3-13/h2-9,12H,10-11H2,1H3,(H3,22,23,24,25,26,27). The molecule has 3 N–H and O–H groups in total. The summed E-state index contributed by atoms with van der Waals surface area (Å²) in [6.07, 6.45) is 2.71. The fourth-order valence-corrected chi connectivity index (χ4v) is 3.49. The van der Waals surface area contributed by atoms with Gasteiger partial charge in [0.05, 0.1) is 11.2 Å². The van der Waals surface area contributed by atoms with E-state index in [-0.39, 0.29) is 10.7 Å². The van der Waals surface area contributed by atoms with E-state index >= 15 is 0 Å². The predicted octanol–water partition coefficient (Wildman–Crippen LogP) is 3.12. The van der Waals surface area contributed by atoms with E-state index in [1.165, 1.54) is 24.7 Å². The van der Waals surface area contributed by atoms with Crippen molar-refractivity contribution in [3.63, 3.8) is 0 Å². The SMILES string of the molecule is CS(=O)(=O)c1ccc(CNc2nc(NCc3ccc(F)cc3)nc3nc[nH]c23)cc1. The van der Waals surface area contributed by atoms with Gasteiger partial charge in [-0.15, -0.1) is 0 Å². The molecule has 0 fully saturated rings. The number of halogens is 1. The summed E-state index contributed by atoms with van der Waals surface area (Å²) in [6, 6.07) is 12.8. The summed E-state index contributed by atoms with van der Waals surface area (Å²) in [7, 11) is -3.23. The summed E-state index contributed by atoms with van der Waals surface area (Å²) in [5, 5.41) is 6.35. The number of H-pyrrole nitrogens is 1. The quantitative estimate of drug-likeness (QED) is 0.416. The second-order valence-corrected chi connectivity index (χ2v) is 8.76. The van der Waals surface area contributed by atoms with Crippen LogP contribution in [0.4, 0.5) is 16.2 Å². The zero-order valence-electron chi connectivity index (χ0n) is 16.1. The lowest BCUT2D eigenvalue weighted by Gasteiger charge is -2.10. The first-order valence-electron chi connectivity index (χ1n) is 9.11. The number of aromatic amines is 1. The minimum Gasteiger partial charge on any atom is -0.364 e. The Kier molecular flexibility index (Phi) is 5.32. The largest absolute Gasteiger partial charge is 0.364 e.